The van der Waals surface area contributed by atoms with Gasteiger partial charge in [0.1, 0.15) is 5.76 Å². The van der Waals surface area contributed by atoms with Crippen LogP contribution in [0.2, 0.25) is 0 Å². The fourth-order valence-corrected chi connectivity index (χ4v) is 3.50. The average molecular weight is 374 g/mol. The predicted octanol–water partition coefficient (Wildman–Crippen LogP) is 4.47. The highest BCUT2D eigenvalue weighted by Gasteiger charge is 2.33. The van der Waals surface area contributed by atoms with Crippen LogP contribution in [-0.4, -0.2) is 28.3 Å². The minimum Gasteiger partial charge on any atom is -0.468 e. The van der Waals surface area contributed by atoms with Crippen LogP contribution in [-0.2, 0) is 24.4 Å². The smallest absolute Gasteiger partial charge is 0.237 e. The third kappa shape index (κ3) is 5.11. The fourth-order valence-electron chi connectivity index (χ4n) is 3.50. The van der Waals surface area contributed by atoms with Crippen molar-refractivity contribution < 1.29 is 9.21 Å². The van der Waals surface area contributed by atoms with Crippen molar-refractivity contribution in [3.05, 3.63) is 95.9 Å². The summed E-state index contributed by atoms with van der Waals surface area (Å²) in [6.07, 6.45) is 3.90. The first-order valence-corrected chi connectivity index (χ1v) is 9.90. The molecule has 144 valence electrons. The van der Waals surface area contributed by atoms with Gasteiger partial charge in [-0.1, -0.05) is 60.7 Å². The lowest BCUT2D eigenvalue weighted by molar-refractivity contribution is -0.134. The molecule has 1 saturated carbocycles. The summed E-state index contributed by atoms with van der Waals surface area (Å²) in [5.41, 5.74) is 2.38. The Hall–Kier alpha value is -2.85. The van der Waals surface area contributed by atoms with E-state index in [1.807, 2.05) is 48.5 Å². The van der Waals surface area contributed by atoms with Gasteiger partial charge in [-0.2, -0.15) is 0 Å². The van der Waals surface area contributed by atoms with Gasteiger partial charge in [-0.3, -0.25) is 9.69 Å². The minimum absolute atomic E-state index is 0.189. The highest BCUT2D eigenvalue weighted by Crippen LogP contribution is 2.28. The molecule has 0 bridgehead atoms. The number of rotatable bonds is 9. The monoisotopic (exact) mass is 374 g/mol. The van der Waals surface area contributed by atoms with Gasteiger partial charge >= 0.3 is 0 Å². The normalized spacial score (nSPS) is 13.6. The van der Waals surface area contributed by atoms with Crippen LogP contribution in [0.5, 0.6) is 0 Å². The van der Waals surface area contributed by atoms with E-state index in [0.717, 1.165) is 25.1 Å². The van der Waals surface area contributed by atoms with Crippen molar-refractivity contribution >= 4 is 5.91 Å². The second kappa shape index (κ2) is 8.89. The molecule has 1 aliphatic carbocycles. The van der Waals surface area contributed by atoms with E-state index in [4.69, 9.17) is 4.42 Å². The zero-order chi connectivity index (χ0) is 19.2. The van der Waals surface area contributed by atoms with Crippen molar-refractivity contribution in [1.82, 2.24) is 9.80 Å². The molecule has 1 fully saturated rings. The molecule has 0 radical (unpaired) electrons. The second-order valence-corrected chi connectivity index (χ2v) is 7.45. The molecule has 4 nitrogen and oxygen atoms in total. The van der Waals surface area contributed by atoms with Crippen LogP contribution in [0.1, 0.15) is 29.7 Å². The number of hydrogen-bond donors (Lipinski definition) is 0. The van der Waals surface area contributed by atoms with Gasteiger partial charge in [0, 0.05) is 19.1 Å². The van der Waals surface area contributed by atoms with Crippen molar-refractivity contribution in [2.24, 2.45) is 0 Å². The lowest BCUT2D eigenvalue weighted by Gasteiger charge is -2.27. The van der Waals surface area contributed by atoms with Gasteiger partial charge in [-0.25, -0.2) is 0 Å². The molecule has 1 heterocycles. The maximum Gasteiger partial charge on any atom is 0.237 e. The van der Waals surface area contributed by atoms with E-state index < -0.39 is 0 Å². The number of carbonyl (C=O) groups is 1. The number of amides is 1. The van der Waals surface area contributed by atoms with E-state index in [2.05, 4.69) is 34.1 Å². The summed E-state index contributed by atoms with van der Waals surface area (Å²) < 4.78 is 5.53. The van der Waals surface area contributed by atoms with Gasteiger partial charge in [0.05, 0.1) is 19.4 Å². The summed E-state index contributed by atoms with van der Waals surface area (Å²) in [6, 6.07) is 24.8. The van der Waals surface area contributed by atoms with Crippen LogP contribution in [0.4, 0.5) is 0 Å². The van der Waals surface area contributed by atoms with Crippen LogP contribution in [0.3, 0.4) is 0 Å². The number of carbonyl (C=O) groups excluding carboxylic acids is 1. The Labute approximate surface area is 166 Å². The SMILES string of the molecule is O=C(CN(Cc1ccccc1)Cc1ccco1)N(Cc1ccccc1)C1CC1. The molecule has 3 aromatic rings. The Morgan fingerprint density at radius 3 is 2.04 bits per heavy atom. The first-order chi connectivity index (χ1) is 13.8. The highest BCUT2D eigenvalue weighted by molar-refractivity contribution is 5.79. The van der Waals surface area contributed by atoms with Crippen molar-refractivity contribution in [3.63, 3.8) is 0 Å². The van der Waals surface area contributed by atoms with Gasteiger partial charge in [0.25, 0.3) is 0 Å². The molecule has 0 N–H and O–H groups in total. The van der Waals surface area contributed by atoms with Gasteiger partial charge < -0.3 is 9.32 Å². The summed E-state index contributed by atoms with van der Waals surface area (Å²) >= 11 is 0. The Morgan fingerprint density at radius 2 is 1.46 bits per heavy atom. The number of furan rings is 1. The first-order valence-electron chi connectivity index (χ1n) is 9.90. The summed E-state index contributed by atoms with van der Waals surface area (Å²) in [5.74, 6) is 1.07. The van der Waals surface area contributed by atoms with Crippen molar-refractivity contribution in [2.75, 3.05) is 6.54 Å². The Bertz CT molecular complexity index is 858. The highest BCUT2D eigenvalue weighted by atomic mass is 16.3. The van der Waals surface area contributed by atoms with Crippen LogP contribution in [0, 0.1) is 0 Å². The number of benzene rings is 2. The topological polar surface area (TPSA) is 36.7 Å². The van der Waals surface area contributed by atoms with Crippen molar-refractivity contribution in [3.8, 4) is 0 Å². The van der Waals surface area contributed by atoms with Gasteiger partial charge in [0.2, 0.25) is 5.91 Å². The quantitative estimate of drug-likeness (QED) is 0.554. The summed E-state index contributed by atoms with van der Waals surface area (Å²) in [7, 11) is 0. The maximum absolute atomic E-state index is 13.2. The van der Waals surface area contributed by atoms with E-state index in [-0.39, 0.29) is 5.91 Å². The Kier molecular flexibility index (Phi) is 5.88. The van der Waals surface area contributed by atoms with Crippen molar-refractivity contribution in [1.29, 1.82) is 0 Å². The molecule has 1 aliphatic rings. The summed E-state index contributed by atoms with van der Waals surface area (Å²) in [5, 5.41) is 0. The Morgan fingerprint density at radius 1 is 0.821 bits per heavy atom. The van der Waals surface area contributed by atoms with Gasteiger partial charge in [-0.15, -0.1) is 0 Å². The molecule has 4 heteroatoms. The fraction of sp³-hybridized carbons (Fsp3) is 0.292. The third-order valence-corrected chi connectivity index (χ3v) is 5.07. The predicted molar refractivity (Wildman–Crippen MR) is 109 cm³/mol. The molecular weight excluding hydrogens is 348 g/mol. The molecule has 0 aliphatic heterocycles. The van der Waals surface area contributed by atoms with E-state index in [1.54, 1.807) is 6.26 Å². The lowest BCUT2D eigenvalue weighted by atomic mass is 10.2. The molecule has 0 unspecified atom stereocenters. The molecule has 4 rings (SSSR count). The van der Waals surface area contributed by atoms with E-state index in [9.17, 15) is 4.79 Å². The molecule has 0 saturated heterocycles. The number of hydrogen-bond acceptors (Lipinski definition) is 3. The third-order valence-electron chi connectivity index (χ3n) is 5.07. The van der Waals surface area contributed by atoms with Crippen LogP contribution < -0.4 is 0 Å². The zero-order valence-electron chi connectivity index (χ0n) is 16.0. The van der Waals surface area contributed by atoms with Gasteiger partial charge in [-0.05, 0) is 36.1 Å². The summed E-state index contributed by atoms with van der Waals surface area (Å²) in [6.45, 7) is 2.41. The van der Waals surface area contributed by atoms with Crippen molar-refractivity contribution in [2.45, 2.75) is 38.5 Å². The molecule has 2 aromatic carbocycles. The second-order valence-electron chi connectivity index (χ2n) is 7.45. The van der Waals surface area contributed by atoms with Crippen LogP contribution in [0.25, 0.3) is 0 Å². The Balaban J connectivity index is 1.46. The van der Waals surface area contributed by atoms with Gasteiger partial charge in [0.15, 0.2) is 0 Å². The van der Waals surface area contributed by atoms with E-state index >= 15 is 0 Å². The molecular formula is C24H26N2O2. The lowest BCUT2D eigenvalue weighted by Crippen LogP contribution is -2.40. The van der Waals surface area contributed by atoms with E-state index in [0.29, 0.717) is 25.7 Å². The van der Waals surface area contributed by atoms with Crippen LogP contribution >= 0.6 is 0 Å². The maximum atomic E-state index is 13.2. The zero-order valence-corrected chi connectivity index (χ0v) is 16.0. The minimum atomic E-state index is 0.189. The molecule has 1 aromatic heterocycles. The summed E-state index contributed by atoms with van der Waals surface area (Å²) in [4.78, 5) is 17.4. The standard InChI is InChI=1S/C24H26N2O2/c27-24(26(22-13-14-22)17-21-10-5-2-6-11-21)19-25(18-23-12-7-15-28-23)16-20-8-3-1-4-9-20/h1-12,15,22H,13-14,16-19H2. The van der Waals surface area contributed by atoms with Crippen LogP contribution in [0.15, 0.2) is 83.5 Å². The first kappa shape index (κ1) is 18.5. The number of nitrogens with zero attached hydrogens (tertiary/aromatic N) is 2. The molecule has 0 spiro atoms. The average Bonchev–Trinajstić information content (AvgIpc) is 3.43. The molecule has 0 atom stereocenters. The largest absolute Gasteiger partial charge is 0.468 e. The molecule has 1 amide bonds. The molecule has 28 heavy (non-hydrogen) atoms. The van der Waals surface area contributed by atoms with E-state index in [1.165, 1.54) is 11.1 Å².